The van der Waals surface area contributed by atoms with Crippen molar-refractivity contribution < 1.29 is 32.7 Å². The van der Waals surface area contributed by atoms with Crippen LogP contribution in [-0.2, 0) is 26.1 Å². The molecule has 2 aliphatic heterocycles. The van der Waals surface area contributed by atoms with E-state index in [9.17, 15) is 32.7 Å². The number of carboxylic acid groups (broad SMARTS) is 1. The lowest BCUT2D eigenvalue weighted by atomic mass is 9.75. The van der Waals surface area contributed by atoms with E-state index in [-0.39, 0.29) is 16.8 Å². The van der Waals surface area contributed by atoms with Crippen molar-refractivity contribution in [2.45, 2.75) is 24.7 Å². The van der Waals surface area contributed by atoms with E-state index in [0.29, 0.717) is 10.6 Å². The lowest BCUT2D eigenvalue weighted by molar-refractivity contribution is -0.149. The zero-order valence-corrected chi connectivity index (χ0v) is 20.0. The van der Waals surface area contributed by atoms with Crippen molar-refractivity contribution in [3.05, 3.63) is 100 Å². The first-order valence-electron chi connectivity index (χ1n) is 11.3. The number of aliphatic carboxylic acids is 1. The van der Waals surface area contributed by atoms with Gasteiger partial charge in [-0.05, 0) is 47.9 Å². The molecule has 0 aliphatic carbocycles. The van der Waals surface area contributed by atoms with Gasteiger partial charge in [0, 0.05) is 11.1 Å². The third-order valence-electron chi connectivity index (χ3n) is 7.11. The van der Waals surface area contributed by atoms with Gasteiger partial charge < -0.3 is 5.11 Å². The highest BCUT2D eigenvalue weighted by molar-refractivity contribution is 6.32. The van der Waals surface area contributed by atoms with E-state index in [1.165, 1.54) is 36.4 Å². The number of imide groups is 1. The summed E-state index contributed by atoms with van der Waals surface area (Å²) in [6, 6.07) is 15.6. The third kappa shape index (κ3) is 3.81. The van der Waals surface area contributed by atoms with Crippen molar-refractivity contribution in [3.63, 3.8) is 0 Å². The van der Waals surface area contributed by atoms with Crippen LogP contribution in [0.2, 0.25) is 5.02 Å². The second-order valence-corrected chi connectivity index (χ2v) is 9.58. The van der Waals surface area contributed by atoms with E-state index in [4.69, 9.17) is 11.6 Å². The predicted octanol–water partition coefficient (Wildman–Crippen LogP) is 5.10. The molecule has 4 unspecified atom stereocenters. The van der Waals surface area contributed by atoms with E-state index in [1.807, 2.05) is 0 Å². The summed E-state index contributed by atoms with van der Waals surface area (Å²) in [6.07, 6.45) is -4.66. The zero-order valence-electron chi connectivity index (χ0n) is 19.3. The van der Waals surface area contributed by atoms with Crippen molar-refractivity contribution in [1.29, 1.82) is 0 Å². The number of fused-ring (bicyclic) bond motifs is 1. The minimum Gasteiger partial charge on any atom is -0.480 e. The van der Waals surface area contributed by atoms with Gasteiger partial charge in [0.05, 0.1) is 23.1 Å². The van der Waals surface area contributed by atoms with Gasteiger partial charge in [0.25, 0.3) is 0 Å². The molecule has 5 rings (SSSR count). The van der Waals surface area contributed by atoms with Crippen LogP contribution in [0.4, 0.5) is 18.9 Å². The summed E-state index contributed by atoms with van der Waals surface area (Å²) in [4.78, 5) is 41.5. The molecule has 37 heavy (non-hydrogen) atoms. The van der Waals surface area contributed by atoms with E-state index < -0.39 is 52.9 Å². The number of carboxylic acids is 1. The van der Waals surface area contributed by atoms with Crippen LogP contribution in [0, 0.1) is 18.8 Å². The Hall–Kier alpha value is -3.69. The van der Waals surface area contributed by atoms with Crippen LogP contribution in [0.15, 0.2) is 72.8 Å². The molecule has 190 valence electrons. The second kappa shape index (κ2) is 8.71. The molecule has 2 saturated heterocycles. The highest BCUT2D eigenvalue weighted by Gasteiger charge is 2.69. The molecule has 2 fully saturated rings. The minimum atomic E-state index is -4.66. The second-order valence-electron chi connectivity index (χ2n) is 9.17. The molecule has 3 aromatic rings. The van der Waals surface area contributed by atoms with Gasteiger partial charge in [-0.1, -0.05) is 60.1 Å². The van der Waals surface area contributed by atoms with Gasteiger partial charge in [0.2, 0.25) is 11.8 Å². The monoisotopic (exact) mass is 528 g/mol. The van der Waals surface area contributed by atoms with Gasteiger partial charge in [-0.25, -0.2) is 9.69 Å². The highest BCUT2D eigenvalue weighted by Crippen LogP contribution is 2.54. The fraction of sp³-hybridized carbons (Fsp3) is 0.222. The molecule has 0 radical (unpaired) electrons. The van der Waals surface area contributed by atoms with Crippen molar-refractivity contribution in [1.82, 2.24) is 5.32 Å². The largest absolute Gasteiger partial charge is 0.480 e. The first-order valence-corrected chi connectivity index (χ1v) is 11.7. The Labute approximate surface area is 214 Å². The normalized spacial score (nSPS) is 25.4. The van der Waals surface area contributed by atoms with E-state index in [2.05, 4.69) is 5.32 Å². The van der Waals surface area contributed by atoms with Crippen LogP contribution in [0.3, 0.4) is 0 Å². The van der Waals surface area contributed by atoms with Gasteiger partial charge in [0.15, 0.2) is 5.54 Å². The number of carbonyl (C=O) groups is 3. The number of halogens is 4. The Morgan fingerprint density at radius 3 is 2.32 bits per heavy atom. The summed E-state index contributed by atoms with van der Waals surface area (Å²) in [6.45, 7) is 1.74. The molecule has 0 spiro atoms. The Kier molecular flexibility index (Phi) is 5.88. The average molecular weight is 529 g/mol. The van der Waals surface area contributed by atoms with Gasteiger partial charge in [-0.3, -0.25) is 14.9 Å². The van der Waals surface area contributed by atoms with Crippen molar-refractivity contribution >= 4 is 35.1 Å². The zero-order chi connectivity index (χ0) is 26.7. The summed E-state index contributed by atoms with van der Waals surface area (Å²) >= 11 is 6.23. The van der Waals surface area contributed by atoms with Crippen LogP contribution >= 0.6 is 11.6 Å². The maximum absolute atomic E-state index is 13.9. The van der Waals surface area contributed by atoms with E-state index in [0.717, 1.165) is 17.0 Å². The Morgan fingerprint density at radius 2 is 1.70 bits per heavy atom. The molecule has 2 amide bonds. The molecule has 0 saturated carbocycles. The molecule has 10 heteroatoms. The third-order valence-corrected chi connectivity index (χ3v) is 7.52. The Morgan fingerprint density at radius 1 is 1.00 bits per heavy atom. The van der Waals surface area contributed by atoms with Crippen LogP contribution in [0.1, 0.15) is 28.3 Å². The number of hydrogen-bond donors (Lipinski definition) is 2. The first-order chi connectivity index (χ1) is 17.5. The number of alkyl halides is 3. The number of hydrogen-bond acceptors (Lipinski definition) is 4. The average Bonchev–Trinajstić information content (AvgIpc) is 3.36. The van der Waals surface area contributed by atoms with Crippen molar-refractivity contribution in [2.24, 2.45) is 11.8 Å². The maximum atomic E-state index is 13.9. The number of aryl methyl sites for hydroxylation is 1. The van der Waals surface area contributed by atoms with Crippen LogP contribution in [0.5, 0.6) is 0 Å². The number of carbonyl (C=O) groups excluding carboxylic acids is 2. The number of anilines is 1. The van der Waals surface area contributed by atoms with Gasteiger partial charge in [0.1, 0.15) is 0 Å². The number of rotatable bonds is 4. The summed E-state index contributed by atoms with van der Waals surface area (Å²) < 4.78 is 40.5. The molecule has 2 N–H and O–H groups in total. The molecule has 2 aliphatic rings. The molecular weight excluding hydrogens is 509 g/mol. The fourth-order valence-corrected chi connectivity index (χ4v) is 5.54. The van der Waals surface area contributed by atoms with Crippen molar-refractivity contribution in [2.75, 3.05) is 4.90 Å². The predicted molar refractivity (Wildman–Crippen MR) is 129 cm³/mol. The molecular formula is C27H20ClF3N2O4. The lowest BCUT2D eigenvalue weighted by Gasteiger charge is -2.31. The maximum Gasteiger partial charge on any atom is 0.416 e. The van der Waals surface area contributed by atoms with Gasteiger partial charge >= 0.3 is 12.1 Å². The highest BCUT2D eigenvalue weighted by atomic mass is 35.5. The number of nitrogens with one attached hydrogen (secondary N) is 1. The quantitative estimate of drug-likeness (QED) is 0.460. The van der Waals surface area contributed by atoms with Gasteiger partial charge in [-0.2, -0.15) is 13.2 Å². The molecule has 0 bridgehead atoms. The minimum absolute atomic E-state index is 0.0498. The molecule has 4 atom stereocenters. The topological polar surface area (TPSA) is 86.7 Å². The number of benzene rings is 3. The molecule has 0 aromatic heterocycles. The van der Waals surface area contributed by atoms with Crippen LogP contribution in [-0.4, -0.2) is 22.9 Å². The first kappa shape index (κ1) is 25.0. The fourth-order valence-electron chi connectivity index (χ4n) is 5.36. The lowest BCUT2D eigenvalue weighted by Crippen LogP contribution is -2.53. The smallest absolute Gasteiger partial charge is 0.416 e. The number of nitrogens with zero attached hydrogens (tertiary/aromatic N) is 1. The Balaban J connectivity index is 1.72. The summed E-state index contributed by atoms with van der Waals surface area (Å²) in [7, 11) is 0. The van der Waals surface area contributed by atoms with Crippen molar-refractivity contribution in [3.8, 4) is 0 Å². The molecule has 2 heterocycles. The van der Waals surface area contributed by atoms with Crippen LogP contribution < -0.4 is 10.2 Å². The molecule has 6 nitrogen and oxygen atoms in total. The summed E-state index contributed by atoms with van der Waals surface area (Å²) in [5.74, 6) is -5.63. The Bertz CT molecular complexity index is 1430. The number of amides is 2. The summed E-state index contributed by atoms with van der Waals surface area (Å²) in [5, 5.41) is 13.7. The van der Waals surface area contributed by atoms with Crippen LogP contribution in [0.25, 0.3) is 0 Å². The molecule has 3 aromatic carbocycles. The standard InChI is InChI=1S/C27H20ClF3N2O4/c1-14-10-11-18(13-19(14)28)33-23(34)20-21(24(33)35)26(25(36)37,16-7-3-2-4-8-16)32-22(20)15-6-5-9-17(12-15)27(29,30)31/h2-13,20-22,32H,1H3,(H,36,37). The summed E-state index contributed by atoms with van der Waals surface area (Å²) in [5.41, 5.74) is -1.89. The van der Waals surface area contributed by atoms with E-state index >= 15 is 0 Å². The SMILES string of the molecule is Cc1ccc(N2C(=O)C3C(c4cccc(C(F)(F)F)c4)NC(C(=O)O)(c4ccccc4)C3C2=O)cc1Cl. The van der Waals surface area contributed by atoms with E-state index in [1.54, 1.807) is 31.2 Å². The van der Waals surface area contributed by atoms with Gasteiger partial charge in [-0.15, -0.1) is 0 Å².